The Labute approximate surface area is 119 Å². The van der Waals surface area contributed by atoms with E-state index in [1.54, 1.807) is 6.92 Å². The van der Waals surface area contributed by atoms with Crippen LogP contribution >= 0.6 is 12.4 Å². The van der Waals surface area contributed by atoms with E-state index in [1.807, 2.05) is 0 Å². The Morgan fingerprint density at radius 2 is 1.95 bits per heavy atom. The second-order valence-electron chi connectivity index (χ2n) is 4.56. The number of piperidine rings is 1. The summed E-state index contributed by atoms with van der Waals surface area (Å²) >= 11 is 0. The van der Waals surface area contributed by atoms with E-state index in [0.29, 0.717) is 5.56 Å². The van der Waals surface area contributed by atoms with Crippen molar-refractivity contribution in [1.29, 1.82) is 0 Å². The fraction of sp³-hybridized carbons (Fsp3) is 0.500. The lowest BCUT2D eigenvalue weighted by atomic mass is 10.1. The van der Waals surface area contributed by atoms with Gasteiger partial charge in [0, 0.05) is 6.04 Å². The number of halogens is 2. The highest BCUT2D eigenvalue weighted by molar-refractivity contribution is 7.89. The third-order valence-corrected chi connectivity index (χ3v) is 4.62. The Morgan fingerprint density at radius 1 is 1.32 bits per heavy atom. The van der Waals surface area contributed by atoms with E-state index >= 15 is 0 Å². The highest BCUT2D eigenvalue weighted by Gasteiger charge is 2.22. The molecule has 1 aliphatic heterocycles. The van der Waals surface area contributed by atoms with Crippen molar-refractivity contribution < 1.29 is 12.8 Å². The molecule has 4 nitrogen and oxygen atoms in total. The molecule has 0 amide bonds. The summed E-state index contributed by atoms with van der Waals surface area (Å²) in [5.74, 6) is -0.393. The van der Waals surface area contributed by atoms with E-state index in [2.05, 4.69) is 10.0 Å². The number of sulfonamides is 1. The van der Waals surface area contributed by atoms with Crippen molar-refractivity contribution >= 4 is 22.4 Å². The summed E-state index contributed by atoms with van der Waals surface area (Å²) in [6.45, 7) is 3.18. The largest absolute Gasteiger partial charge is 0.317 e. The Balaban J connectivity index is 0.00000180. The van der Waals surface area contributed by atoms with Crippen LogP contribution in [0.1, 0.15) is 18.4 Å². The monoisotopic (exact) mass is 308 g/mol. The minimum atomic E-state index is -3.54. The fourth-order valence-corrected chi connectivity index (χ4v) is 3.40. The molecule has 0 unspecified atom stereocenters. The van der Waals surface area contributed by atoms with Crippen LogP contribution in [0, 0.1) is 12.7 Å². The van der Waals surface area contributed by atoms with E-state index in [-0.39, 0.29) is 23.3 Å². The maximum atomic E-state index is 13.1. The SMILES string of the molecule is Cc1cc(S(=O)(=O)NC2CCNCC2)ccc1F.Cl. The average molecular weight is 309 g/mol. The zero-order valence-corrected chi connectivity index (χ0v) is 12.3. The first kappa shape index (κ1) is 16.4. The van der Waals surface area contributed by atoms with Crippen LogP contribution in [0.2, 0.25) is 0 Å². The van der Waals surface area contributed by atoms with E-state index in [4.69, 9.17) is 0 Å². The van der Waals surface area contributed by atoms with Crippen molar-refractivity contribution in [2.24, 2.45) is 0 Å². The molecule has 0 atom stereocenters. The molecule has 0 spiro atoms. The summed E-state index contributed by atoms with van der Waals surface area (Å²) in [4.78, 5) is 0.125. The zero-order chi connectivity index (χ0) is 13.2. The Morgan fingerprint density at radius 3 is 2.53 bits per heavy atom. The van der Waals surface area contributed by atoms with Crippen molar-refractivity contribution in [1.82, 2.24) is 10.0 Å². The van der Waals surface area contributed by atoms with E-state index in [0.717, 1.165) is 25.9 Å². The Bertz CT molecular complexity index is 531. The predicted octanol–water partition coefficient (Wildman–Crippen LogP) is 1.59. The molecule has 0 aliphatic carbocycles. The molecule has 1 aromatic rings. The molecule has 1 heterocycles. The quantitative estimate of drug-likeness (QED) is 0.891. The minimum Gasteiger partial charge on any atom is -0.317 e. The minimum absolute atomic E-state index is 0. The van der Waals surface area contributed by atoms with Gasteiger partial charge in [0.25, 0.3) is 0 Å². The van der Waals surface area contributed by atoms with Crippen molar-refractivity contribution in [3.8, 4) is 0 Å². The molecule has 1 aromatic carbocycles. The van der Waals surface area contributed by atoms with Gasteiger partial charge in [-0.3, -0.25) is 0 Å². The zero-order valence-electron chi connectivity index (χ0n) is 10.6. The van der Waals surface area contributed by atoms with Gasteiger partial charge in [0.15, 0.2) is 0 Å². The molecule has 1 aliphatic rings. The molecule has 108 valence electrons. The van der Waals surface area contributed by atoms with E-state index in [1.165, 1.54) is 18.2 Å². The summed E-state index contributed by atoms with van der Waals surface area (Å²) in [7, 11) is -3.54. The predicted molar refractivity (Wildman–Crippen MR) is 74.6 cm³/mol. The third-order valence-electron chi connectivity index (χ3n) is 3.10. The number of nitrogens with one attached hydrogen (secondary N) is 2. The molecule has 0 saturated carbocycles. The molecule has 1 fully saturated rings. The van der Waals surface area contributed by atoms with Crippen LogP contribution in [-0.2, 0) is 10.0 Å². The number of hydrogen-bond acceptors (Lipinski definition) is 3. The maximum Gasteiger partial charge on any atom is 0.240 e. The molecule has 0 aromatic heterocycles. The van der Waals surface area contributed by atoms with Gasteiger partial charge in [0.1, 0.15) is 5.82 Å². The van der Waals surface area contributed by atoms with Gasteiger partial charge in [0.2, 0.25) is 10.0 Å². The first-order chi connectivity index (χ1) is 8.49. The van der Waals surface area contributed by atoms with Crippen molar-refractivity contribution in [2.75, 3.05) is 13.1 Å². The van der Waals surface area contributed by atoms with Crippen LogP contribution in [0.15, 0.2) is 23.1 Å². The third kappa shape index (κ3) is 4.14. The molecule has 0 radical (unpaired) electrons. The molecule has 19 heavy (non-hydrogen) atoms. The summed E-state index contributed by atoms with van der Waals surface area (Å²) in [6, 6.07) is 3.80. The topological polar surface area (TPSA) is 58.2 Å². The first-order valence-electron chi connectivity index (χ1n) is 5.98. The Kier molecular flexibility index (Phi) is 5.73. The van der Waals surface area contributed by atoms with Gasteiger partial charge in [0.05, 0.1) is 4.90 Å². The summed E-state index contributed by atoms with van der Waals surface area (Å²) in [6.07, 6.45) is 1.55. The average Bonchev–Trinajstić information content (AvgIpc) is 2.33. The standard InChI is InChI=1S/C12H17FN2O2S.ClH/c1-9-8-11(2-3-12(9)13)18(16,17)15-10-4-6-14-7-5-10;/h2-3,8,10,14-15H,4-7H2,1H3;1H. The van der Waals surface area contributed by atoms with E-state index < -0.39 is 15.8 Å². The van der Waals surface area contributed by atoms with Crippen LogP contribution in [0.25, 0.3) is 0 Å². The molecular weight excluding hydrogens is 291 g/mol. The van der Waals surface area contributed by atoms with Gasteiger partial charge >= 0.3 is 0 Å². The Hall–Kier alpha value is -0.690. The van der Waals surface area contributed by atoms with Crippen molar-refractivity contribution in [3.63, 3.8) is 0 Å². The van der Waals surface area contributed by atoms with Gasteiger partial charge in [-0.05, 0) is 56.6 Å². The number of hydrogen-bond donors (Lipinski definition) is 2. The van der Waals surface area contributed by atoms with Gasteiger partial charge in [-0.1, -0.05) is 0 Å². The second-order valence-corrected chi connectivity index (χ2v) is 6.27. The number of benzene rings is 1. The summed E-state index contributed by atoms with van der Waals surface area (Å²) < 4.78 is 40.0. The lowest BCUT2D eigenvalue weighted by Crippen LogP contribution is -2.42. The smallest absolute Gasteiger partial charge is 0.240 e. The highest BCUT2D eigenvalue weighted by Crippen LogP contribution is 2.15. The first-order valence-corrected chi connectivity index (χ1v) is 7.46. The second kappa shape index (κ2) is 6.65. The lowest BCUT2D eigenvalue weighted by Gasteiger charge is -2.23. The van der Waals surface area contributed by atoms with Gasteiger partial charge < -0.3 is 5.32 Å². The molecule has 2 rings (SSSR count). The van der Waals surface area contributed by atoms with Crippen LogP contribution in [0.3, 0.4) is 0 Å². The van der Waals surface area contributed by atoms with Crippen molar-refractivity contribution in [2.45, 2.75) is 30.7 Å². The fourth-order valence-electron chi connectivity index (χ4n) is 2.01. The summed E-state index contributed by atoms with van der Waals surface area (Å²) in [5.41, 5.74) is 0.336. The van der Waals surface area contributed by atoms with Crippen LogP contribution < -0.4 is 10.0 Å². The van der Waals surface area contributed by atoms with Crippen molar-refractivity contribution in [3.05, 3.63) is 29.6 Å². The van der Waals surface area contributed by atoms with Crippen LogP contribution in [-0.4, -0.2) is 27.5 Å². The van der Waals surface area contributed by atoms with Crippen LogP contribution in [0.5, 0.6) is 0 Å². The molecular formula is C12H18ClFN2O2S. The summed E-state index contributed by atoms with van der Waals surface area (Å²) in [5, 5.41) is 3.17. The van der Waals surface area contributed by atoms with Crippen LogP contribution in [0.4, 0.5) is 4.39 Å². The number of rotatable bonds is 3. The van der Waals surface area contributed by atoms with Gasteiger partial charge in [-0.2, -0.15) is 0 Å². The molecule has 2 N–H and O–H groups in total. The molecule has 1 saturated heterocycles. The maximum absolute atomic E-state index is 13.1. The highest BCUT2D eigenvalue weighted by atomic mass is 35.5. The molecule has 0 bridgehead atoms. The van der Waals surface area contributed by atoms with E-state index in [9.17, 15) is 12.8 Å². The van der Waals surface area contributed by atoms with Gasteiger partial charge in [-0.15, -0.1) is 12.4 Å². The lowest BCUT2D eigenvalue weighted by molar-refractivity contribution is 0.427. The normalized spacial score (nSPS) is 16.9. The van der Waals surface area contributed by atoms with Gasteiger partial charge in [-0.25, -0.2) is 17.5 Å². The molecule has 7 heteroatoms. The number of aryl methyl sites for hydroxylation is 1.